The van der Waals surface area contributed by atoms with Crippen LogP contribution in [-0.2, 0) is 19.4 Å². The van der Waals surface area contributed by atoms with E-state index in [2.05, 4.69) is 22.6 Å². The van der Waals surface area contributed by atoms with Crippen LogP contribution in [0.1, 0.15) is 22.6 Å². The minimum absolute atomic E-state index is 0.0326. The third-order valence-electron chi connectivity index (χ3n) is 4.79. The van der Waals surface area contributed by atoms with Gasteiger partial charge in [-0.05, 0) is 25.0 Å². The predicted octanol–water partition coefficient (Wildman–Crippen LogP) is 3.43. The van der Waals surface area contributed by atoms with E-state index < -0.39 is 0 Å². The Labute approximate surface area is 140 Å². The van der Waals surface area contributed by atoms with Crippen molar-refractivity contribution in [1.82, 2.24) is 19.4 Å². The van der Waals surface area contributed by atoms with E-state index in [1.807, 2.05) is 40.7 Å². The molecule has 0 unspecified atom stereocenters. The molecule has 122 valence electrons. The van der Waals surface area contributed by atoms with Gasteiger partial charge < -0.3 is 9.88 Å². The SMILES string of the molecule is C=CCc1c2n(c3ccccc13)C(=O)N(Cc1nc[nH]c1C)CC2. The maximum absolute atomic E-state index is 13.1. The fourth-order valence-electron chi connectivity index (χ4n) is 3.56. The van der Waals surface area contributed by atoms with E-state index in [1.54, 1.807) is 6.33 Å². The molecule has 4 rings (SSSR count). The summed E-state index contributed by atoms with van der Waals surface area (Å²) in [6.07, 6.45) is 5.23. The molecule has 5 nitrogen and oxygen atoms in total. The number of para-hydroxylation sites is 1. The molecule has 1 aliphatic rings. The molecular weight excluding hydrogens is 300 g/mol. The number of hydrogen-bond acceptors (Lipinski definition) is 2. The Morgan fingerprint density at radius 2 is 2.21 bits per heavy atom. The highest BCUT2D eigenvalue weighted by atomic mass is 16.2. The number of aromatic amines is 1. The largest absolute Gasteiger partial charge is 0.348 e. The van der Waals surface area contributed by atoms with Gasteiger partial charge in [0.25, 0.3) is 0 Å². The van der Waals surface area contributed by atoms with Crippen molar-refractivity contribution < 1.29 is 4.79 Å². The minimum Gasteiger partial charge on any atom is -0.348 e. The smallest absolute Gasteiger partial charge is 0.329 e. The zero-order valence-corrected chi connectivity index (χ0v) is 13.7. The molecule has 0 saturated carbocycles. The average Bonchev–Trinajstić information content (AvgIpc) is 3.13. The lowest BCUT2D eigenvalue weighted by Gasteiger charge is -2.29. The number of nitrogens with zero attached hydrogens (tertiary/aromatic N) is 3. The standard InChI is InChI=1S/C19H20N4O/c1-3-6-14-15-7-4-5-8-17(15)23-18(14)9-10-22(19(23)24)11-16-13(2)20-12-21-16/h3-5,7-8,12H,1,6,9-11H2,2H3,(H,20,21). The first-order valence-corrected chi connectivity index (χ1v) is 8.21. The van der Waals surface area contributed by atoms with Crippen LogP contribution in [0, 0.1) is 6.92 Å². The zero-order chi connectivity index (χ0) is 16.7. The molecule has 3 aromatic rings. The number of H-pyrrole nitrogens is 1. The van der Waals surface area contributed by atoms with Crippen LogP contribution in [0.5, 0.6) is 0 Å². The Morgan fingerprint density at radius 3 is 2.96 bits per heavy atom. The van der Waals surface area contributed by atoms with Crippen LogP contribution >= 0.6 is 0 Å². The molecule has 2 aromatic heterocycles. The molecule has 1 aliphatic heterocycles. The number of aromatic nitrogens is 3. The van der Waals surface area contributed by atoms with Gasteiger partial charge in [0, 0.05) is 29.7 Å². The van der Waals surface area contributed by atoms with Crippen LogP contribution in [-0.4, -0.2) is 32.0 Å². The Kier molecular flexibility index (Phi) is 3.49. The van der Waals surface area contributed by atoms with Gasteiger partial charge in [0.15, 0.2) is 0 Å². The van der Waals surface area contributed by atoms with Crippen molar-refractivity contribution in [3.8, 4) is 0 Å². The first-order chi connectivity index (χ1) is 11.7. The normalized spacial score (nSPS) is 14.2. The fourth-order valence-corrected chi connectivity index (χ4v) is 3.56. The average molecular weight is 320 g/mol. The third kappa shape index (κ3) is 2.16. The lowest BCUT2D eigenvalue weighted by molar-refractivity contribution is 0.190. The molecule has 24 heavy (non-hydrogen) atoms. The summed E-state index contributed by atoms with van der Waals surface area (Å²) < 4.78 is 1.87. The lowest BCUT2D eigenvalue weighted by Crippen LogP contribution is -2.41. The Hall–Kier alpha value is -2.82. The molecular formula is C19H20N4O. The van der Waals surface area contributed by atoms with Gasteiger partial charge in [-0.25, -0.2) is 9.78 Å². The second-order valence-corrected chi connectivity index (χ2v) is 6.20. The van der Waals surface area contributed by atoms with E-state index in [0.717, 1.165) is 40.8 Å². The summed E-state index contributed by atoms with van der Waals surface area (Å²) in [6, 6.07) is 8.15. The summed E-state index contributed by atoms with van der Waals surface area (Å²) in [7, 11) is 0. The number of imidazole rings is 1. The quantitative estimate of drug-likeness (QED) is 0.749. The fraction of sp³-hybridized carbons (Fsp3) is 0.263. The summed E-state index contributed by atoms with van der Waals surface area (Å²) in [4.78, 5) is 22.4. The first-order valence-electron chi connectivity index (χ1n) is 8.21. The molecule has 0 atom stereocenters. The second-order valence-electron chi connectivity index (χ2n) is 6.20. The van der Waals surface area contributed by atoms with Gasteiger partial charge in [0.2, 0.25) is 0 Å². The van der Waals surface area contributed by atoms with E-state index in [4.69, 9.17) is 0 Å². The highest BCUT2D eigenvalue weighted by Crippen LogP contribution is 2.30. The van der Waals surface area contributed by atoms with Crippen LogP contribution < -0.4 is 0 Å². The highest BCUT2D eigenvalue weighted by Gasteiger charge is 2.29. The minimum atomic E-state index is 0.0326. The van der Waals surface area contributed by atoms with E-state index in [0.29, 0.717) is 13.1 Å². The van der Waals surface area contributed by atoms with Gasteiger partial charge >= 0.3 is 6.03 Å². The Balaban J connectivity index is 1.78. The topological polar surface area (TPSA) is 53.9 Å². The zero-order valence-electron chi connectivity index (χ0n) is 13.7. The number of carbonyl (C=O) groups is 1. The summed E-state index contributed by atoms with van der Waals surface area (Å²) in [6.45, 7) is 7.10. The molecule has 0 radical (unpaired) electrons. The van der Waals surface area contributed by atoms with Crippen LogP contribution in [0.3, 0.4) is 0 Å². The number of amides is 1. The summed E-state index contributed by atoms with van der Waals surface area (Å²) >= 11 is 0. The Morgan fingerprint density at radius 1 is 1.38 bits per heavy atom. The van der Waals surface area contributed by atoms with Crippen molar-refractivity contribution in [3.63, 3.8) is 0 Å². The Bertz CT molecular complexity index is 934. The number of nitrogens with one attached hydrogen (secondary N) is 1. The second kappa shape index (κ2) is 5.67. The molecule has 1 N–H and O–H groups in total. The van der Waals surface area contributed by atoms with Crippen LogP contribution in [0.2, 0.25) is 0 Å². The van der Waals surface area contributed by atoms with Gasteiger partial charge in [0.05, 0.1) is 24.1 Å². The van der Waals surface area contributed by atoms with E-state index >= 15 is 0 Å². The predicted molar refractivity (Wildman–Crippen MR) is 94.1 cm³/mol. The van der Waals surface area contributed by atoms with Crippen LogP contribution in [0.25, 0.3) is 10.9 Å². The van der Waals surface area contributed by atoms with Gasteiger partial charge in [-0.3, -0.25) is 4.57 Å². The van der Waals surface area contributed by atoms with Gasteiger partial charge in [-0.2, -0.15) is 0 Å². The molecule has 1 amide bonds. The van der Waals surface area contributed by atoms with Crippen molar-refractivity contribution >= 4 is 16.9 Å². The van der Waals surface area contributed by atoms with E-state index in [1.165, 1.54) is 5.56 Å². The maximum atomic E-state index is 13.1. The van der Waals surface area contributed by atoms with Crippen molar-refractivity contribution in [2.45, 2.75) is 26.3 Å². The summed E-state index contributed by atoms with van der Waals surface area (Å²) in [5.74, 6) is 0. The van der Waals surface area contributed by atoms with Crippen LogP contribution in [0.4, 0.5) is 4.79 Å². The molecule has 0 fully saturated rings. The van der Waals surface area contributed by atoms with Crippen molar-refractivity contribution in [2.24, 2.45) is 0 Å². The summed E-state index contributed by atoms with van der Waals surface area (Å²) in [5.41, 5.74) is 5.27. The van der Waals surface area contributed by atoms with Crippen molar-refractivity contribution in [3.05, 3.63) is 65.9 Å². The molecule has 0 saturated heterocycles. The maximum Gasteiger partial charge on any atom is 0.329 e. The number of benzene rings is 1. The van der Waals surface area contributed by atoms with Gasteiger partial charge in [-0.15, -0.1) is 6.58 Å². The van der Waals surface area contributed by atoms with Crippen LogP contribution in [0.15, 0.2) is 43.2 Å². The van der Waals surface area contributed by atoms with Crippen molar-refractivity contribution in [2.75, 3.05) is 6.54 Å². The third-order valence-corrected chi connectivity index (χ3v) is 4.79. The lowest BCUT2D eigenvalue weighted by atomic mass is 10.1. The van der Waals surface area contributed by atoms with E-state index in [9.17, 15) is 4.79 Å². The van der Waals surface area contributed by atoms with Gasteiger partial charge in [-0.1, -0.05) is 24.3 Å². The number of allylic oxidation sites excluding steroid dienone is 1. The first kappa shape index (κ1) is 14.8. The monoisotopic (exact) mass is 320 g/mol. The van der Waals surface area contributed by atoms with Gasteiger partial charge in [0.1, 0.15) is 0 Å². The van der Waals surface area contributed by atoms with Crippen molar-refractivity contribution in [1.29, 1.82) is 0 Å². The number of aryl methyl sites for hydroxylation is 1. The molecule has 0 aliphatic carbocycles. The number of hydrogen-bond donors (Lipinski definition) is 1. The molecule has 1 aromatic carbocycles. The molecule has 0 spiro atoms. The highest BCUT2D eigenvalue weighted by molar-refractivity contribution is 5.96. The number of carbonyl (C=O) groups excluding carboxylic acids is 1. The molecule has 3 heterocycles. The number of fused-ring (bicyclic) bond motifs is 3. The summed E-state index contributed by atoms with van der Waals surface area (Å²) in [5, 5.41) is 1.15. The molecule has 5 heteroatoms. The number of rotatable bonds is 4. The van der Waals surface area contributed by atoms with E-state index in [-0.39, 0.29) is 6.03 Å². The molecule has 0 bridgehead atoms.